The predicted octanol–water partition coefficient (Wildman–Crippen LogP) is 1.73. The van der Waals surface area contributed by atoms with Crippen molar-refractivity contribution in [2.75, 3.05) is 33.7 Å². The number of nitrogens with zero attached hydrogens (tertiary/aromatic N) is 2. The quantitative estimate of drug-likeness (QED) is 0.890. The molecule has 1 aromatic rings. The normalized spacial score (nSPS) is 25.1. The third-order valence-electron chi connectivity index (χ3n) is 3.73. The second-order valence-corrected chi connectivity index (χ2v) is 6.20. The molecule has 2 unspecified atom stereocenters. The lowest BCUT2D eigenvalue weighted by molar-refractivity contribution is 0.0634. The van der Waals surface area contributed by atoms with Crippen LogP contribution in [0.1, 0.15) is 23.0 Å². The van der Waals surface area contributed by atoms with Gasteiger partial charge in [-0.3, -0.25) is 0 Å². The van der Waals surface area contributed by atoms with E-state index in [9.17, 15) is 5.11 Å². The zero-order valence-electron chi connectivity index (χ0n) is 10.9. The molecule has 0 amide bonds. The van der Waals surface area contributed by atoms with E-state index in [1.165, 1.54) is 4.88 Å². The summed E-state index contributed by atoms with van der Waals surface area (Å²) in [7, 11) is 4.31. The average molecular weight is 254 g/mol. The Morgan fingerprint density at radius 3 is 2.88 bits per heavy atom. The van der Waals surface area contributed by atoms with Crippen LogP contribution >= 0.6 is 11.3 Å². The molecule has 0 spiro atoms. The SMILES string of the molecule is Cc1sccc1C(O)CC1CN(C)CCN1C. The van der Waals surface area contributed by atoms with Crippen LogP contribution in [-0.4, -0.2) is 54.7 Å². The molecule has 0 aliphatic carbocycles. The molecule has 1 aliphatic rings. The average Bonchev–Trinajstić information content (AvgIpc) is 2.70. The molecular weight excluding hydrogens is 232 g/mol. The minimum Gasteiger partial charge on any atom is -0.388 e. The lowest BCUT2D eigenvalue weighted by Gasteiger charge is -2.38. The third kappa shape index (κ3) is 3.07. The minimum atomic E-state index is -0.319. The highest BCUT2D eigenvalue weighted by molar-refractivity contribution is 7.10. The van der Waals surface area contributed by atoms with Crippen LogP contribution in [0, 0.1) is 6.92 Å². The lowest BCUT2D eigenvalue weighted by Crippen LogP contribution is -2.50. The van der Waals surface area contributed by atoms with Crippen molar-refractivity contribution in [2.45, 2.75) is 25.5 Å². The maximum atomic E-state index is 10.3. The zero-order chi connectivity index (χ0) is 12.4. The van der Waals surface area contributed by atoms with Crippen LogP contribution in [0.5, 0.6) is 0 Å². The highest BCUT2D eigenvalue weighted by atomic mass is 32.1. The van der Waals surface area contributed by atoms with Gasteiger partial charge in [0, 0.05) is 30.6 Å². The van der Waals surface area contributed by atoms with E-state index in [-0.39, 0.29) is 6.10 Å². The van der Waals surface area contributed by atoms with Crippen LogP contribution in [0.4, 0.5) is 0 Å². The fourth-order valence-corrected chi connectivity index (χ4v) is 3.24. The number of likely N-dealkylation sites (N-methyl/N-ethyl adjacent to an activating group) is 2. The van der Waals surface area contributed by atoms with Gasteiger partial charge < -0.3 is 14.9 Å². The van der Waals surface area contributed by atoms with E-state index >= 15 is 0 Å². The summed E-state index contributed by atoms with van der Waals surface area (Å²) in [6, 6.07) is 2.51. The van der Waals surface area contributed by atoms with Gasteiger partial charge in [-0.05, 0) is 44.4 Å². The molecule has 1 aliphatic heterocycles. The molecule has 2 atom stereocenters. The van der Waals surface area contributed by atoms with Gasteiger partial charge >= 0.3 is 0 Å². The first-order chi connectivity index (χ1) is 8.08. The molecule has 0 radical (unpaired) electrons. The topological polar surface area (TPSA) is 26.7 Å². The molecule has 1 N–H and O–H groups in total. The summed E-state index contributed by atoms with van der Waals surface area (Å²) in [5, 5.41) is 12.4. The first-order valence-electron chi connectivity index (χ1n) is 6.18. The lowest BCUT2D eigenvalue weighted by atomic mass is 10.0. The Bertz CT molecular complexity index is 366. The van der Waals surface area contributed by atoms with Gasteiger partial charge in [-0.2, -0.15) is 0 Å². The summed E-state index contributed by atoms with van der Waals surface area (Å²) < 4.78 is 0. The molecule has 17 heavy (non-hydrogen) atoms. The number of aryl methyl sites for hydroxylation is 1. The molecule has 1 saturated heterocycles. The Hall–Kier alpha value is -0.420. The van der Waals surface area contributed by atoms with Crippen molar-refractivity contribution in [3.05, 3.63) is 21.9 Å². The Morgan fingerprint density at radius 2 is 2.24 bits per heavy atom. The number of hydrogen-bond acceptors (Lipinski definition) is 4. The molecular formula is C13H22N2OS. The van der Waals surface area contributed by atoms with Crippen LogP contribution < -0.4 is 0 Å². The summed E-state index contributed by atoms with van der Waals surface area (Å²) in [6.45, 7) is 5.35. The minimum absolute atomic E-state index is 0.319. The van der Waals surface area contributed by atoms with Crippen molar-refractivity contribution in [3.63, 3.8) is 0 Å². The second kappa shape index (κ2) is 5.48. The fraction of sp³-hybridized carbons (Fsp3) is 0.692. The number of hydrogen-bond donors (Lipinski definition) is 1. The Morgan fingerprint density at radius 1 is 1.47 bits per heavy atom. The van der Waals surface area contributed by atoms with E-state index in [1.807, 2.05) is 0 Å². The number of rotatable bonds is 3. The van der Waals surface area contributed by atoms with Gasteiger partial charge in [0.05, 0.1) is 6.10 Å². The summed E-state index contributed by atoms with van der Waals surface area (Å²) in [4.78, 5) is 5.95. The Kier molecular flexibility index (Phi) is 4.20. The molecule has 2 heterocycles. The summed E-state index contributed by atoms with van der Waals surface area (Å²) in [5.74, 6) is 0. The highest BCUT2D eigenvalue weighted by Gasteiger charge is 2.25. The van der Waals surface area contributed by atoms with Crippen molar-refractivity contribution < 1.29 is 5.11 Å². The van der Waals surface area contributed by atoms with Gasteiger partial charge in [-0.25, -0.2) is 0 Å². The molecule has 2 rings (SSSR count). The maximum Gasteiger partial charge on any atom is 0.0816 e. The van der Waals surface area contributed by atoms with E-state index in [0.717, 1.165) is 31.6 Å². The largest absolute Gasteiger partial charge is 0.388 e. The van der Waals surface area contributed by atoms with Gasteiger partial charge in [-0.1, -0.05) is 0 Å². The monoisotopic (exact) mass is 254 g/mol. The molecule has 3 nitrogen and oxygen atoms in total. The van der Waals surface area contributed by atoms with E-state index in [2.05, 4.69) is 42.3 Å². The number of thiophene rings is 1. The fourth-order valence-electron chi connectivity index (χ4n) is 2.48. The maximum absolute atomic E-state index is 10.3. The Balaban J connectivity index is 1.98. The standard InChI is InChI=1S/C13H22N2OS/c1-10-12(4-7-17-10)13(16)8-11-9-14(2)5-6-15(11)3/h4,7,11,13,16H,5-6,8-9H2,1-3H3. The number of piperazine rings is 1. The van der Waals surface area contributed by atoms with Crippen LogP contribution in [0.3, 0.4) is 0 Å². The zero-order valence-corrected chi connectivity index (χ0v) is 11.7. The molecule has 0 bridgehead atoms. The summed E-state index contributed by atoms with van der Waals surface area (Å²) >= 11 is 1.71. The summed E-state index contributed by atoms with van der Waals surface area (Å²) in [6.07, 6.45) is 0.512. The molecule has 0 saturated carbocycles. The van der Waals surface area contributed by atoms with E-state index < -0.39 is 0 Å². The molecule has 4 heteroatoms. The van der Waals surface area contributed by atoms with Crippen LogP contribution in [0.25, 0.3) is 0 Å². The second-order valence-electron chi connectivity index (χ2n) is 5.08. The predicted molar refractivity (Wildman–Crippen MR) is 72.5 cm³/mol. The van der Waals surface area contributed by atoms with Crippen LogP contribution in [-0.2, 0) is 0 Å². The first kappa shape index (κ1) is 13.0. The molecule has 1 aromatic heterocycles. The van der Waals surface area contributed by atoms with Gasteiger partial charge in [0.2, 0.25) is 0 Å². The Labute approximate surface area is 108 Å². The van der Waals surface area contributed by atoms with Crippen molar-refractivity contribution in [1.82, 2.24) is 9.80 Å². The van der Waals surface area contributed by atoms with Gasteiger partial charge in [0.1, 0.15) is 0 Å². The highest BCUT2D eigenvalue weighted by Crippen LogP contribution is 2.27. The van der Waals surface area contributed by atoms with Gasteiger partial charge in [-0.15, -0.1) is 11.3 Å². The van der Waals surface area contributed by atoms with Crippen LogP contribution in [0.15, 0.2) is 11.4 Å². The summed E-state index contributed by atoms with van der Waals surface area (Å²) in [5.41, 5.74) is 1.11. The van der Waals surface area contributed by atoms with Gasteiger partial charge in [0.15, 0.2) is 0 Å². The van der Waals surface area contributed by atoms with Crippen LogP contribution in [0.2, 0.25) is 0 Å². The molecule has 96 valence electrons. The smallest absolute Gasteiger partial charge is 0.0816 e. The van der Waals surface area contributed by atoms with E-state index in [4.69, 9.17) is 0 Å². The van der Waals surface area contributed by atoms with Crippen molar-refractivity contribution in [3.8, 4) is 0 Å². The van der Waals surface area contributed by atoms with E-state index in [0.29, 0.717) is 6.04 Å². The van der Waals surface area contributed by atoms with Crippen molar-refractivity contribution >= 4 is 11.3 Å². The third-order valence-corrected chi connectivity index (χ3v) is 4.59. The van der Waals surface area contributed by atoms with E-state index in [1.54, 1.807) is 11.3 Å². The van der Waals surface area contributed by atoms with Gasteiger partial charge in [0.25, 0.3) is 0 Å². The molecule has 1 fully saturated rings. The number of aliphatic hydroxyl groups is 1. The molecule has 0 aromatic carbocycles. The number of aliphatic hydroxyl groups excluding tert-OH is 1. The first-order valence-corrected chi connectivity index (χ1v) is 7.06. The van der Waals surface area contributed by atoms with Crippen molar-refractivity contribution in [1.29, 1.82) is 0 Å². The van der Waals surface area contributed by atoms with Crippen molar-refractivity contribution in [2.24, 2.45) is 0 Å².